The van der Waals surface area contributed by atoms with E-state index in [0.717, 1.165) is 11.4 Å². The molecule has 0 spiro atoms. The van der Waals surface area contributed by atoms with Crippen LogP contribution in [0.1, 0.15) is 25.2 Å². The van der Waals surface area contributed by atoms with E-state index in [1.54, 1.807) is 13.8 Å². The van der Waals surface area contributed by atoms with Crippen LogP contribution in [0.4, 0.5) is 5.69 Å². The van der Waals surface area contributed by atoms with Crippen molar-refractivity contribution >= 4 is 28.8 Å². The van der Waals surface area contributed by atoms with Crippen LogP contribution in [-0.2, 0) is 4.79 Å². The predicted octanol–water partition coefficient (Wildman–Crippen LogP) is 1.95. The van der Waals surface area contributed by atoms with Crippen LogP contribution >= 0.6 is 12.2 Å². The van der Waals surface area contributed by atoms with Crippen molar-refractivity contribution in [2.24, 2.45) is 11.1 Å². The summed E-state index contributed by atoms with van der Waals surface area (Å²) in [4.78, 5) is 16.5. The fourth-order valence-electron chi connectivity index (χ4n) is 1.21. The third-order valence-corrected chi connectivity index (χ3v) is 3.17. The van der Waals surface area contributed by atoms with Gasteiger partial charge in [-0.05, 0) is 39.8 Å². The molecule has 0 aromatic carbocycles. The summed E-state index contributed by atoms with van der Waals surface area (Å²) < 4.78 is 0. The Balaban J connectivity index is 2.92. The summed E-state index contributed by atoms with van der Waals surface area (Å²) in [7, 11) is 0. The number of pyridine rings is 1. The topological polar surface area (TPSA) is 68.0 Å². The number of nitrogens with zero attached hydrogens (tertiary/aromatic N) is 1. The second-order valence-corrected chi connectivity index (χ2v) is 4.97. The monoisotopic (exact) mass is 251 g/mol. The van der Waals surface area contributed by atoms with E-state index in [2.05, 4.69) is 10.3 Å². The Bertz CT molecular complexity index is 469. The largest absolute Gasteiger partial charge is 0.392 e. The van der Waals surface area contributed by atoms with Crippen molar-refractivity contribution < 1.29 is 4.79 Å². The third kappa shape index (κ3) is 3.00. The first-order valence-electron chi connectivity index (χ1n) is 5.30. The molecule has 0 aliphatic carbocycles. The summed E-state index contributed by atoms with van der Waals surface area (Å²) >= 11 is 4.88. The maximum Gasteiger partial charge on any atom is 0.236 e. The second kappa shape index (κ2) is 4.79. The fraction of sp³-hybridized carbons (Fsp3) is 0.417. The first-order chi connectivity index (χ1) is 7.75. The normalized spacial score (nSPS) is 11.1. The molecule has 0 radical (unpaired) electrons. The number of nitrogens with one attached hydrogen (secondary N) is 1. The highest BCUT2D eigenvalue weighted by Crippen LogP contribution is 2.20. The zero-order chi connectivity index (χ0) is 13.2. The van der Waals surface area contributed by atoms with Gasteiger partial charge in [0.15, 0.2) is 0 Å². The lowest BCUT2D eigenvalue weighted by Gasteiger charge is -2.22. The van der Waals surface area contributed by atoms with Gasteiger partial charge in [0.05, 0.1) is 21.8 Å². The molecule has 0 saturated heterocycles. The summed E-state index contributed by atoms with van der Waals surface area (Å²) in [5, 5.41) is 2.79. The molecule has 0 atom stereocenters. The number of nitrogens with two attached hydrogens (primary N) is 1. The van der Waals surface area contributed by atoms with Crippen LogP contribution in [0.15, 0.2) is 12.1 Å². The molecule has 1 heterocycles. The molecule has 1 rings (SSSR count). The summed E-state index contributed by atoms with van der Waals surface area (Å²) in [5.41, 5.74) is 7.04. The van der Waals surface area contributed by atoms with Crippen LogP contribution in [0.2, 0.25) is 0 Å². The van der Waals surface area contributed by atoms with Crippen LogP contribution in [0, 0.1) is 19.3 Å². The molecule has 1 aromatic rings. The minimum absolute atomic E-state index is 0.174. The Morgan fingerprint density at radius 2 is 2.00 bits per heavy atom. The number of amides is 1. The van der Waals surface area contributed by atoms with Crippen molar-refractivity contribution in [1.82, 2.24) is 4.98 Å². The van der Waals surface area contributed by atoms with Gasteiger partial charge in [0.1, 0.15) is 0 Å². The van der Waals surface area contributed by atoms with Crippen LogP contribution < -0.4 is 11.1 Å². The molecule has 4 nitrogen and oxygen atoms in total. The highest BCUT2D eigenvalue weighted by atomic mass is 32.1. The maximum atomic E-state index is 12.0. The van der Waals surface area contributed by atoms with Crippen molar-refractivity contribution in [2.75, 3.05) is 5.32 Å². The Kier molecular flexibility index (Phi) is 3.83. The van der Waals surface area contributed by atoms with E-state index in [1.165, 1.54) is 0 Å². The lowest BCUT2D eigenvalue weighted by atomic mass is 9.92. The smallest absolute Gasteiger partial charge is 0.236 e. The third-order valence-electron chi connectivity index (χ3n) is 2.66. The van der Waals surface area contributed by atoms with Gasteiger partial charge < -0.3 is 11.1 Å². The molecule has 0 aliphatic rings. The van der Waals surface area contributed by atoms with E-state index in [0.29, 0.717) is 5.69 Å². The van der Waals surface area contributed by atoms with Crippen molar-refractivity contribution in [3.63, 3.8) is 0 Å². The van der Waals surface area contributed by atoms with Crippen LogP contribution in [-0.4, -0.2) is 15.9 Å². The fourth-order valence-corrected chi connectivity index (χ4v) is 1.30. The van der Waals surface area contributed by atoms with Crippen molar-refractivity contribution in [1.29, 1.82) is 0 Å². The highest BCUT2D eigenvalue weighted by Gasteiger charge is 2.31. The first kappa shape index (κ1) is 13.6. The lowest BCUT2D eigenvalue weighted by molar-refractivity contribution is -0.121. The predicted molar refractivity (Wildman–Crippen MR) is 72.9 cm³/mol. The minimum atomic E-state index is -0.868. The van der Waals surface area contributed by atoms with E-state index in [9.17, 15) is 4.79 Å². The van der Waals surface area contributed by atoms with Gasteiger partial charge in [-0.1, -0.05) is 12.2 Å². The van der Waals surface area contributed by atoms with Crippen LogP contribution in [0.3, 0.4) is 0 Å². The summed E-state index contributed by atoms with van der Waals surface area (Å²) in [6, 6.07) is 3.67. The zero-order valence-corrected chi connectivity index (χ0v) is 11.3. The number of anilines is 1. The second-order valence-electron chi connectivity index (χ2n) is 4.53. The number of carbonyl (C=O) groups excluding carboxylic acids is 1. The van der Waals surface area contributed by atoms with Gasteiger partial charge in [0.2, 0.25) is 5.91 Å². The molecule has 92 valence electrons. The quantitative estimate of drug-likeness (QED) is 0.806. The Morgan fingerprint density at radius 3 is 2.47 bits per heavy atom. The average molecular weight is 251 g/mol. The van der Waals surface area contributed by atoms with E-state index in [1.807, 2.05) is 26.0 Å². The maximum absolute atomic E-state index is 12.0. The van der Waals surface area contributed by atoms with Crippen molar-refractivity contribution in [3.05, 3.63) is 23.5 Å². The molecule has 0 unspecified atom stereocenters. The minimum Gasteiger partial charge on any atom is -0.392 e. The Labute approximate surface area is 107 Å². The van der Waals surface area contributed by atoms with Crippen molar-refractivity contribution in [3.8, 4) is 0 Å². The molecule has 17 heavy (non-hydrogen) atoms. The van der Waals surface area contributed by atoms with E-state index in [4.69, 9.17) is 18.0 Å². The number of hydrogen-bond acceptors (Lipinski definition) is 3. The molecule has 5 heteroatoms. The number of hydrogen-bond donors (Lipinski definition) is 2. The number of thiocarbonyl (C=S) groups is 1. The van der Waals surface area contributed by atoms with E-state index >= 15 is 0 Å². The molecule has 0 saturated carbocycles. The van der Waals surface area contributed by atoms with Gasteiger partial charge >= 0.3 is 0 Å². The average Bonchev–Trinajstić information content (AvgIpc) is 2.21. The van der Waals surface area contributed by atoms with Crippen molar-refractivity contribution in [2.45, 2.75) is 27.7 Å². The van der Waals surface area contributed by atoms with Gasteiger partial charge in [-0.25, -0.2) is 0 Å². The lowest BCUT2D eigenvalue weighted by Crippen LogP contribution is -2.41. The van der Waals surface area contributed by atoms with Gasteiger partial charge in [-0.15, -0.1) is 0 Å². The molecule has 1 amide bonds. The van der Waals surface area contributed by atoms with Gasteiger partial charge in [0, 0.05) is 5.69 Å². The van der Waals surface area contributed by atoms with Gasteiger partial charge in [-0.3, -0.25) is 9.78 Å². The highest BCUT2D eigenvalue weighted by molar-refractivity contribution is 7.80. The van der Waals surface area contributed by atoms with Crippen LogP contribution in [0.5, 0.6) is 0 Å². The zero-order valence-electron chi connectivity index (χ0n) is 10.5. The summed E-state index contributed by atoms with van der Waals surface area (Å²) in [6.07, 6.45) is 0. The number of aryl methyl sites for hydroxylation is 2. The molecule has 1 aromatic heterocycles. The molecule has 0 fully saturated rings. The summed E-state index contributed by atoms with van der Waals surface area (Å²) in [5.74, 6) is -0.223. The number of aromatic nitrogens is 1. The Morgan fingerprint density at radius 1 is 1.41 bits per heavy atom. The molecular weight excluding hydrogens is 234 g/mol. The Hall–Kier alpha value is -1.49. The standard InChI is InChI=1S/C12H17N3OS/c1-7-5-6-9(8(2)14-7)15-11(16)12(3,4)10(13)17/h5-6H,1-4H3,(H2,13,17)(H,15,16). The van der Waals surface area contributed by atoms with Crippen LogP contribution in [0.25, 0.3) is 0 Å². The number of rotatable bonds is 3. The van der Waals surface area contributed by atoms with E-state index in [-0.39, 0.29) is 10.9 Å². The van der Waals surface area contributed by atoms with Gasteiger partial charge in [0.25, 0.3) is 0 Å². The SMILES string of the molecule is Cc1ccc(NC(=O)C(C)(C)C(N)=S)c(C)n1. The molecule has 3 N–H and O–H groups in total. The molecule has 0 bridgehead atoms. The van der Waals surface area contributed by atoms with Gasteiger partial charge in [-0.2, -0.15) is 0 Å². The molecule has 0 aliphatic heterocycles. The molecular formula is C12H17N3OS. The first-order valence-corrected chi connectivity index (χ1v) is 5.71. The van der Waals surface area contributed by atoms with E-state index < -0.39 is 5.41 Å². The summed E-state index contributed by atoms with van der Waals surface area (Å²) in [6.45, 7) is 7.14. The number of carbonyl (C=O) groups is 1.